The van der Waals surface area contributed by atoms with Gasteiger partial charge in [0.25, 0.3) is 5.91 Å². The summed E-state index contributed by atoms with van der Waals surface area (Å²) in [5.41, 5.74) is 5.81. The molecule has 0 aliphatic carbocycles. The Hall–Kier alpha value is -1.75. The molecule has 2 N–H and O–H groups in total. The molecular weight excluding hydrogens is 244 g/mol. The third-order valence-corrected chi connectivity index (χ3v) is 3.31. The molecule has 1 saturated heterocycles. The van der Waals surface area contributed by atoms with Crippen LogP contribution in [0.5, 0.6) is 11.5 Å². The van der Waals surface area contributed by atoms with E-state index in [0.29, 0.717) is 5.75 Å². The van der Waals surface area contributed by atoms with Gasteiger partial charge in [-0.25, -0.2) is 0 Å². The van der Waals surface area contributed by atoms with Crippen molar-refractivity contribution in [1.29, 1.82) is 0 Å². The first kappa shape index (κ1) is 13.7. The molecule has 0 saturated carbocycles. The molecule has 104 valence electrons. The molecule has 0 unspecified atom stereocenters. The molecule has 1 fully saturated rings. The van der Waals surface area contributed by atoms with Gasteiger partial charge in [0.2, 0.25) is 0 Å². The zero-order valence-electron chi connectivity index (χ0n) is 11.2. The lowest BCUT2D eigenvalue weighted by molar-refractivity contribution is -0.134. The van der Waals surface area contributed by atoms with Crippen LogP contribution in [0.1, 0.15) is 12.8 Å². The van der Waals surface area contributed by atoms with Crippen LogP contribution in [0, 0.1) is 0 Å². The number of amides is 1. The van der Waals surface area contributed by atoms with Crippen molar-refractivity contribution >= 4 is 5.91 Å². The first-order chi connectivity index (χ1) is 9.19. The Morgan fingerprint density at radius 1 is 1.26 bits per heavy atom. The fraction of sp³-hybridized carbons (Fsp3) is 0.500. The van der Waals surface area contributed by atoms with Crippen molar-refractivity contribution in [3.8, 4) is 11.5 Å². The Kier molecular flexibility index (Phi) is 4.63. The molecule has 0 bridgehead atoms. The van der Waals surface area contributed by atoms with E-state index in [-0.39, 0.29) is 18.6 Å². The number of nitrogens with zero attached hydrogens (tertiary/aromatic N) is 1. The maximum atomic E-state index is 11.9. The minimum Gasteiger partial charge on any atom is -0.497 e. The lowest BCUT2D eigenvalue weighted by Gasteiger charge is -2.30. The van der Waals surface area contributed by atoms with Crippen LogP contribution in [0.25, 0.3) is 0 Å². The zero-order valence-corrected chi connectivity index (χ0v) is 11.2. The summed E-state index contributed by atoms with van der Waals surface area (Å²) in [4.78, 5) is 13.7. The molecule has 2 rings (SSSR count). The molecule has 5 nitrogen and oxygen atoms in total. The number of piperidine rings is 1. The van der Waals surface area contributed by atoms with Crippen LogP contribution in [0.2, 0.25) is 0 Å². The van der Waals surface area contributed by atoms with Gasteiger partial charge in [-0.15, -0.1) is 0 Å². The molecule has 0 radical (unpaired) electrons. The van der Waals surface area contributed by atoms with Crippen LogP contribution in [0.3, 0.4) is 0 Å². The van der Waals surface area contributed by atoms with E-state index in [0.717, 1.165) is 31.7 Å². The Labute approximate surface area is 113 Å². The quantitative estimate of drug-likeness (QED) is 0.882. The van der Waals surface area contributed by atoms with E-state index in [4.69, 9.17) is 15.2 Å². The van der Waals surface area contributed by atoms with Crippen LogP contribution in [0.4, 0.5) is 0 Å². The number of hydrogen-bond acceptors (Lipinski definition) is 4. The molecule has 0 aromatic heterocycles. The molecule has 1 aromatic rings. The summed E-state index contributed by atoms with van der Waals surface area (Å²) in [7, 11) is 1.61. The van der Waals surface area contributed by atoms with E-state index in [1.54, 1.807) is 31.4 Å². The monoisotopic (exact) mass is 264 g/mol. The predicted octanol–water partition coefficient (Wildman–Crippen LogP) is 1.02. The fourth-order valence-corrected chi connectivity index (χ4v) is 2.06. The number of benzene rings is 1. The summed E-state index contributed by atoms with van der Waals surface area (Å²) in [6.45, 7) is 1.53. The average Bonchev–Trinajstić information content (AvgIpc) is 2.46. The number of methoxy groups -OCH3 is 1. The Morgan fingerprint density at radius 3 is 2.42 bits per heavy atom. The van der Waals surface area contributed by atoms with Gasteiger partial charge in [0, 0.05) is 19.1 Å². The van der Waals surface area contributed by atoms with Gasteiger partial charge in [0.1, 0.15) is 11.5 Å². The van der Waals surface area contributed by atoms with Gasteiger partial charge in [0.15, 0.2) is 6.61 Å². The van der Waals surface area contributed by atoms with Gasteiger partial charge < -0.3 is 20.1 Å². The van der Waals surface area contributed by atoms with Gasteiger partial charge in [-0.1, -0.05) is 0 Å². The highest BCUT2D eigenvalue weighted by molar-refractivity contribution is 5.77. The Morgan fingerprint density at radius 2 is 1.84 bits per heavy atom. The van der Waals surface area contributed by atoms with Crippen LogP contribution in [0.15, 0.2) is 24.3 Å². The summed E-state index contributed by atoms with van der Waals surface area (Å²) >= 11 is 0. The standard InChI is InChI=1S/C14H20N2O3/c1-18-12-2-4-13(5-3-12)19-10-14(17)16-8-6-11(15)7-9-16/h2-5,11H,6-10,15H2,1H3. The molecule has 1 aromatic carbocycles. The summed E-state index contributed by atoms with van der Waals surface area (Å²) < 4.78 is 10.5. The highest BCUT2D eigenvalue weighted by Gasteiger charge is 2.20. The SMILES string of the molecule is COc1ccc(OCC(=O)N2CCC(N)CC2)cc1. The minimum absolute atomic E-state index is 0.0164. The summed E-state index contributed by atoms with van der Waals surface area (Å²) in [5, 5.41) is 0. The second kappa shape index (κ2) is 6.43. The van der Waals surface area contributed by atoms with Crippen LogP contribution >= 0.6 is 0 Å². The summed E-state index contributed by atoms with van der Waals surface area (Å²) in [6, 6.07) is 7.42. The van der Waals surface area contributed by atoms with Crippen molar-refractivity contribution in [3.05, 3.63) is 24.3 Å². The number of ether oxygens (including phenoxy) is 2. The van der Waals surface area contributed by atoms with Crippen molar-refractivity contribution in [2.24, 2.45) is 5.73 Å². The first-order valence-corrected chi connectivity index (χ1v) is 6.49. The molecule has 1 heterocycles. The molecule has 1 aliphatic heterocycles. The minimum atomic E-state index is 0.0164. The van der Waals surface area contributed by atoms with Crippen LogP contribution in [-0.2, 0) is 4.79 Å². The maximum absolute atomic E-state index is 11.9. The molecule has 0 spiro atoms. The van der Waals surface area contributed by atoms with E-state index < -0.39 is 0 Å². The van der Waals surface area contributed by atoms with Crippen molar-refractivity contribution in [2.75, 3.05) is 26.8 Å². The topological polar surface area (TPSA) is 64.8 Å². The average molecular weight is 264 g/mol. The second-order valence-corrected chi connectivity index (χ2v) is 4.68. The number of hydrogen-bond donors (Lipinski definition) is 1. The lowest BCUT2D eigenvalue weighted by atomic mass is 10.1. The third-order valence-electron chi connectivity index (χ3n) is 3.31. The van der Waals surface area contributed by atoms with E-state index in [2.05, 4.69) is 0 Å². The number of likely N-dealkylation sites (tertiary alicyclic amines) is 1. The third kappa shape index (κ3) is 3.86. The van der Waals surface area contributed by atoms with Gasteiger partial charge >= 0.3 is 0 Å². The maximum Gasteiger partial charge on any atom is 0.260 e. The molecule has 5 heteroatoms. The second-order valence-electron chi connectivity index (χ2n) is 4.68. The van der Waals surface area contributed by atoms with Crippen LogP contribution < -0.4 is 15.2 Å². The van der Waals surface area contributed by atoms with E-state index in [1.807, 2.05) is 4.90 Å². The zero-order chi connectivity index (χ0) is 13.7. The number of nitrogens with two attached hydrogens (primary N) is 1. The molecule has 0 atom stereocenters. The van der Waals surface area contributed by atoms with E-state index >= 15 is 0 Å². The van der Waals surface area contributed by atoms with Gasteiger partial charge in [-0.05, 0) is 37.1 Å². The van der Waals surface area contributed by atoms with Crippen molar-refractivity contribution in [2.45, 2.75) is 18.9 Å². The van der Waals surface area contributed by atoms with Crippen LogP contribution in [-0.4, -0.2) is 43.7 Å². The Balaban J connectivity index is 1.79. The van der Waals surface area contributed by atoms with Crippen molar-refractivity contribution in [3.63, 3.8) is 0 Å². The summed E-state index contributed by atoms with van der Waals surface area (Å²) in [5.74, 6) is 1.45. The van der Waals surface area contributed by atoms with Gasteiger partial charge in [-0.2, -0.15) is 0 Å². The van der Waals surface area contributed by atoms with Crippen molar-refractivity contribution < 1.29 is 14.3 Å². The van der Waals surface area contributed by atoms with E-state index in [1.165, 1.54) is 0 Å². The highest BCUT2D eigenvalue weighted by Crippen LogP contribution is 2.17. The largest absolute Gasteiger partial charge is 0.497 e. The molecule has 1 amide bonds. The molecule has 1 aliphatic rings. The first-order valence-electron chi connectivity index (χ1n) is 6.49. The predicted molar refractivity (Wildman–Crippen MR) is 72.3 cm³/mol. The Bertz CT molecular complexity index is 411. The van der Waals surface area contributed by atoms with Gasteiger partial charge in [-0.3, -0.25) is 4.79 Å². The lowest BCUT2D eigenvalue weighted by Crippen LogP contribution is -2.44. The highest BCUT2D eigenvalue weighted by atomic mass is 16.5. The van der Waals surface area contributed by atoms with Crippen molar-refractivity contribution in [1.82, 2.24) is 4.90 Å². The molecule has 19 heavy (non-hydrogen) atoms. The number of carbonyl (C=O) groups excluding carboxylic acids is 1. The molecular formula is C14H20N2O3. The number of rotatable bonds is 4. The number of carbonyl (C=O) groups is 1. The fourth-order valence-electron chi connectivity index (χ4n) is 2.06. The normalized spacial score (nSPS) is 16.2. The summed E-state index contributed by atoms with van der Waals surface area (Å²) in [6.07, 6.45) is 1.74. The smallest absolute Gasteiger partial charge is 0.260 e. The van der Waals surface area contributed by atoms with E-state index in [9.17, 15) is 4.79 Å². The van der Waals surface area contributed by atoms with Gasteiger partial charge in [0.05, 0.1) is 7.11 Å².